The average Bonchev–Trinajstić information content (AvgIpc) is 3.22. The van der Waals surface area contributed by atoms with E-state index >= 15 is 0 Å². The largest absolute Gasteiger partial charge is 0.454 e. The number of fused-ring (bicyclic) bond motifs is 6. The summed E-state index contributed by atoms with van der Waals surface area (Å²) in [6.45, 7) is 0.181. The molecular weight excluding hydrogens is 270 g/mol. The van der Waals surface area contributed by atoms with E-state index in [2.05, 4.69) is 12.2 Å². The van der Waals surface area contributed by atoms with Gasteiger partial charge in [-0.2, -0.15) is 0 Å². The first-order chi connectivity index (χ1) is 10.2. The third kappa shape index (κ3) is 1.31. The first kappa shape index (κ1) is 11.4. The van der Waals surface area contributed by atoms with Crippen molar-refractivity contribution >= 4 is 17.5 Å². The van der Waals surface area contributed by atoms with Gasteiger partial charge in [0.2, 0.25) is 18.6 Å². The van der Waals surface area contributed by atoms with Crippen molar-refractivity contribution in [2.45, 2.75) is 6.42 Å². The fourth-order valence-electron chi connectivity index (χ4n) is 4.18. The van der Waals surface area contributed by atoms with Gasteiger partial charge >= 0.3 is 0 Å². The summed E-state index contributed by atoms with van der Waals surface area (Å²) in [4.78, 5) is 26.7. The molecule has 2 fully saturated rings. The summed E-state index contributed by atoms with van der Waals surface area (Å²) < 4.78 is 10.6. The number of allylic oxidation sites excluding steroid dienone is 2. The molecule has 2 bridgehead atoms. The van der Waals surface area contributed by atoms with Crippen molar-refractivity contribution in [3.05, 3.63) is 30.4 Å². The van der Waals surface area contributed by atoms with E-state index in [9.17, 15) is 9.59 Å². The Hall–Kier alpha value is -2.30. The van der Waals surface area contributed by atoms with Crippen LogP contribution >= 0.6 is 0 Å². The maximum atomic E-state index is 12.7. The van der Waals surface area contributed by atoms with Gasteiger partial charge in [-0.05, 0) is 30.4 Å². The van der Waals surface area contributed by atoms with Gasteiger partial charge in [-0.1, -0.05) is 12.2 Å². The second-order valence-corrected chi connectivity index (χ2v) is 6.05. The van der Waals surface area contributed by atoms with Gasteiger partial charge in [0.05, 0.1) is 17.5 Å². The van der Waals surface area contributed by atoms with E-state index in [1.807, 2.05) is 0 Å². The van der Waals surface area contributed by atoms with Crippen molar-refractivity contribution in [3.8, 4) is 11.5 Å². The molecule has 0 unspecified atom stereocenters. The fraction of sp³-hybridized carbons (Fsp3) is 0.375. The Morgan fingerprint density at radius 1 is 0.952 bits per heavy atom. The molecule has 2 aliphatic carbocycles. The minimum atomic E-state index is -0.169. The first-order valence-electron chi connectivity index (χ1n) is 7.20. The number of anilines is 1. The van der Waals surface area contributed by atoms with Gasteiger partial charge in [-0.25, -0.2) is 4.90 Å². The second kappa shape index (κ2) is 3.67. The molecule has 1 saturated carbocycles. The lowest BCUT2D eigenvalue weighted by atomic mass is 9.85. The lowest BCUT2D eigenvalue weighted by molar-refractivity contribution is -0.123. The van der Waals surface area contributed by atoms with Crippen LogP contribution in [0.4, 0.5) is 5.69 Å². The molecule has 21 heavy (non-hydrogen) atoms. The van der Waals surface area contributed by atoms with E-state index in [-0.39, 0.29) is 42.3 Å². The minimum absolute atomic E-state index is 0.0688. The Morgan fingerprint density at radius 2 is 1.62 bits per heavy atom. The lowest BCUT2D eigenvalue weighted by Gasteiger charge is -2.17. The Morgan fingerprint density at radius 3 is 2.33 bits per heavy atom. The highest BCUT2D eigenvalue weighted by molar-refractivity contribution is 6.22. The highest BCUT2D eigenvalue weighted by Gasteiger charge is 2.59. The second-order valence-electron chi connectivity index (χ2n) is 6.05. The smallest absolute Gasteiger partial charge is 0.238 e. The molecule has 1 saturated heterocycles. The number of imide groups is 1. The number of hydrogen-bond donors (Lipinski definition) is 0. The predicted octanol–water partition coefficient (Wildman–Crippen LogP) is 1.73. The number of hydrogen-bond acceptors (Lipinski definition) is 4. The van der Waals surface area contributed by atoms with Gasteiger partial charge < -0.3 is 9.47 Å². The summed E-state index contributed by atoms with van der Waals surface area (Å²) in [7, 11) is 0. The Bertz CT molecular complexity index is 680. The summed E-state index contributed by atoms with van der Waals surface area (Å²) in [6.07, 6.45) is 5.14. The zero-order chi connectivity index (χ0) is 14.1. The highest BCUT2D eigenvalue weighted by Crippen LogP contribution is 2.53. The summed E-state index contributed by atoms with van der Waals surface area (Å²) in [5.74, 6) is 1.23. The molecule has 2 aliphatic heterocycles. The van der Waals surface area contributed by atoms with Crippen LogP contribution in [0, 0.1) is 23.7 Å². The van der Waals surface area contributed by atoms with Crippen molar-refractivity contribution in [1.29, 1.82) is 0 Å². The van der Waals surface area contributed by atoms with E-state index in [1.54, 1.807) is 18.2 Å². The third-order valence-electron chi connectivity index (χ3n) is 5.08. The number of benzene rings is 1. The third-order valence-corrected chi connectivity index (χ3v) is 5.08. The minimum Gasteiger partial charge on any atom is -0.454 e. The van der Waals surface area contributed by atoms with Crippen LogP contribution in [-0.2, 0) is 9.59 Å². The highest BCUT2D eigenvalue weighted by atomic mass is 16.7. The molecule has 2 heterocycles. The summed E-state index contributed by atoms with van der Waals surface area (Å²) in [6, 6.07) is 5.22. The van der Waals surface area contributed by atoms with Gasteiger partial charge in [-0.3, -0.25) is 9.59 Å². The molecule has 1 aromatic carbocycles. The number of carbonyl (C=O) groups excluding carboxylic acids is 2. The van der Waals surface area contributed by atoms with Gasteiger partial charge in [0.25, 0.3) is 0 Å². The van der Waals surface area contributed by atoms with Gasteiger partial charge in [0.15, 0.2) is 11.5 Å². The zero-order valence-corrected chi connectivity index (χ0v) is 11.2. The van der Waals surface area contributed by atoms with E-state index in [0.717, 1.165) is 6.42 Å². The normalized spacial score (nSPS) is 35.0. The van der Waals surface area contributed by atoms with E-state index < -0.39 is 0 Å². The van der Waals surface area contributed by atoms with Crippen molar-refractivity contribution in [2.75, 3.05) is 11.7 Å². The van der Waals surface area contributed by atoms with Crippen LogP contribution in [-0.4, -0.2) is 18.6 Å². The number of amides is 2. The van der Waals surface area contributed by atoms with Crippen molar-refractivity contribution in [3.63, 3.8) is 0 Å². The van der Waals surface area contributed by atoms with Crippen LogP contribution in [0.25, 0.3) is 0 Å². The Kier molecular flexibility index (Phi) is 1.98. The summed E-state index contributed by atoms with van der Waals surface area (Å²) in [5, 5.41) is 0. The van der Waals surface area contributed by atoms with Crippen molar-refractivity contribution in [1.82, 2.24) is 0 Å². The van der Waals surface area contributed by atoms with E-state index in [0.29, 0.717) is 17.2 Å². The summed E-state index contributed by atoms with van der Waals surface area (Å²) >= 11 is 0. The molecular formula is C16H13NO4. The first-order valence-corrected chi connectivity index (χ1v) is 7.20. The van der Waals surface area contributed by atoms with Gasteiger partial charge in [0.1, 0.15) is 0 Å². The fourth-order valence-corrected chi connectivity index (χ4v) is 4.18. The Balaban J connectivity index is 1.56. The molecule has 0 spiro atoms. The molecule has 1 aromatic rings. The standard InChI is InChI=1S/C16H13NO4/c18-15-13-8-1-2-9(5-8)14(13)16(19)17(15)10-3-4-11-12(6-10)21-7-20-11/h1-4,6,8-9,13-14H,5,7H2/t8-,9+,13-,14+. The van der Waals surface area contributed by atoms with E-state index in [4.69, 9.17) is 9.47 Å². The van der Waals surface area contributed by atoms with Crippen LogP contribution in [0.15, 0.2) is 30.4 Å². The number of ether oxygens (including phenoxy) is 2. The van der Waals surface area contributed by atoms with Gasteiger partial charge in [-0.15, -0.1) is 0 Å². The molecule has 2 amide bonds. The lowest BCUT2D eigenvalue weighted by Crippen LogP contribution is -2.32. The van der Waals surface area contributed by atoms with Crippen LogP contribution < -0.4 is 14.4 Å². The molecule has 5 heteroatoms. The zero-order valence-electron chi connectivity index (χ0n) is 11.2. The number of nitrogens with zero attached hydrogens (tertiary/aromatic N) is 1. The molecule has 5 nitrogen and oxygen atoms in total. The van der Waals surface area contributed by atoms with Crippen LogP contribution in [0.2, 0.25) is 0 Å². The van der Waals surface area contributed by atoms with Crippen LogP contribution in [0.3, 0.4) is 0 Å². The topological polar surface area (TPSA) is 55.8 Å². The summed E-state index contributed by atoms with van der Waals surface area (Å²) in [5.41, 5.74) is 0.586. The number of carbonyl (C=O) groups is 2. The monoisotopic (exact) mass is 283 g/mol. The molecule has 0 radical (unpaired) electrons. The molecule has 0 N–H and O–H groups in total. The van der Waals surface area contributed by atoms with Gasteiger partial charge in [0, 0.05) is 6.07 Å². The van der Waals surface area contributed by atoms with Crippen LogP contribution in [0.5, 0.6) is 11.5 Å². The molecule has 0 aromatic heterocycles. The Labute approximate surface area is 121 Å². The SMILES string of the molecule is O=C1[C@@H]2[C@H](C(=O)N1c1ccc3c(c1)OCO3)[C@@H]1C=C[C@H]2C1. The maximum Gasteiger partial charge on any atom is 0.238 e. The van der Waals surface area contributed by atoms with Crippen molar-refractivity contribution < 1.29 is 19.1 Å². The molecule has 4 aliphatic rings. The molecule has 106 valence electrons. The predicted molar refractivity (Wildman–Crippen MR) is 72.8 cm³/mol. The van der Waals surface area contributed by atoms with E-state index in [1.165, 1.54) is 4.90 Å². The molecule has 4 atom stereocenters. The maximum absolute atomic E-state index is 12.7. The average molecular weight is 283 g/mol. The number of rotatable bonds is 1. The quantitative estimate of drug-likeness (QED) is 0.582. The molecule has 5 rings (SSSR count). The van der Waals surface area contributed by atoms with Crippen molar-refractivity contribution in [2.24, 2.45) is 23.7 Å². The van der Waals surface area contributed by atoms with Crippen LogP contribution in [0.1, 0.15) is 6.42 Å².